The van der Waals surface area contributed by atoms with E-state index in [2.05, 4.69) is 25.6 Å². The summed E-state index contributed by atoms with van der Waals surface area (Å²) >= 11 is 0. The predicted molar refractivity (Wildman–Crippen MR) is 120 cm³/mol. The lowest BCUT2D eigenvalue weighted by atomic mass is 10.2. The molecule has 2 aromatic carbocycles. The van der Waals surface area contributed by atoms with Gasteiger partial charge in [-0.3, -0.25) is 9.78 Å². The number of fused-ring (bicyclic) bond motifs is 1. The first-order chi connectivity index (χ1) is 14.6. The first kappa shape index (κ1) is 19.5. The quantitative estimate of drug-likeness (QED) is 0.480. The summed E-state index contributed by atoms with van der Waals surface area (Å²) in [5, 5.41) is 7.32. The van der Waals surface area contributed by atoms with Crippen molar-refractivity contribution in [3.63, 3.8) is 0 Å². The van der Waals surface area contributed by atoms with Crippen LogP contribution in [0.15, 0.2) is 72.9 Å². The van der Waals surface area contributed by atoms with Gasteiger partial charge >= 0.3 is 0 Å². The number of carbonyl (C=O) groups excluding carboxylic acids is 1. The molecule has 0 saturated heterocycles. The predicted octanol–water partition coefficient (Wildman–Crippen LogP) is 4.96. The average molecular weight is 397 g/mol. The highest BCUT2D eigenvalue weighted by Gasteiger charge is 2.15. The van der Waals surface area contributed by atoms with E-state index in [1.165, 1.54) is 0 Å². The smallest absolute Gasteiger partial charge is 0.270 e. The Hall–Kier alpha value is -3.80. The van der Waals surface area contributed by atoms with Gasteiger partial charge in [0, 0.05) is 29.3 Å². The number of rotatable bonds is 6. The summed E-state index contributed by atoms with van der Waals surface area (Å²) in [5.74, 6) is 0.808. The zero-order valence-corrected chi connectivity index (χ0v) is 17.0. The van der Waals surface area contributed by atoms with Crippen LogP contribution in [0.5, 0.6) is 0 Å². The van der Waals surface area contributed by atoms with Gasteiger partial charge in [0.25, 0.3) is 5.91 Å². The van der Waals surface area contributed by atoms with Gasteiger partial charge in [-0.2, -0.15) is 0 Å². The molecule has 1 amide bonds. The molecule has 0 aliphatic heterocycles. The summed E-state index contributed by atoms with van der Waals surface area (Å²) in [6, 6.07) is 21.2. The Morgan fingerprint density at radius 2 is 1.80 bits per heavy atom. The molecule has 6 heteroatoms. The van der Waals surface area contributed by atoms with Crippen LogP contribution in [-0.4, -0.2) is 26.9 Å². The zero-order valence-electron chi connectivity index (χ0n) is 17.0. The molecule has 4 aromatic rings. The zero-order chi connectivity index (χ0) is 20.9. The molecule has 6 nitrogen and oxygen atoms in total. The van der Waals surface area contributed by atoms with Gasteiger partial charge in [0.15, 0.2) is 5.82 Å². The highest BCUT2D eigenvalue weighted by atomic mass is 16.1. The van der Waals surface area contributed by atoms with Crippen LogP contribution in [0, 0.1) is 0 Å². The monoisotopic (exact) mass is 397 g/mol. The van der Waals surface area contributed by atoms with E-state index in [1.807, 2.05) is 74.5 Å². The Bertz CT molecular complexity index is 1170. The van der Waals surface area contributed by atoms with E-state index in [0.717, 1.165) is 28.6 Å². The van der Waals surface area contributed by atoms with Crippen molar-refractivity contribution in [2.75, 3.05) is 5.32 Å². The maximum Gasteiger partial charge on any atom is 0.270 e. The van der Waals surface area contributed by atoms with Crippen LogP contribution >= 0.6 is 0 Å². The van der Waals surface area contributed by atoms with E-state index < -0.39 is 0 Å². The van der Waals surface area contributed by atoms with E-state index in [1.54, 1.807) is 12.3 Å². The van der Waals surface area contributed by atoms with E-state index in [4.69, 9.17) is 0 Å². The van der Waals surface area contributed by atoms with Gasteiger partial charge in [0.05, 0.1) is 11.2 Å². The second kappa shape index (κ2) is 8.69. The SMILES string of the molecule is CCC(C)NC(=O)c1cc(Nc2cccc3cccnc23)nc(-c2ccccc2)n1. The molecule has 2 heterocycles. The van der Waals surface area contributed by atoms with Crippen molar-refractivity contribution in [1.29, 1.82) is 0 Å². The minimum Gasteiger partial charge on any atom is -0.348 e. The maximum atomic E-state index is 12.8. The molecule has 0 fully saturated rings. The van der Waals surface area contributed by atoms with Gasteiger partial charge in [-0.25, -0.2) is 9.97 Å². The normalized spacial score (nSPS) is 11.8. The molecule has 2 aromatic heterocycles. The Morgan fingerprint density at radius 1 is 1.00 bits per heavy atom. The first-order valence-electron chi connectivity index (χ1n) is 10.00. The second-order valence-electron chi connectivity index (χ2n) is 7.12. The van der Waals surface area contributed by atoms with Gasteiger partial charge in [0.2, 0.25) is 0 Å². The number of hydrogen-bond donors (Lipinski definition) is 2. The molecule has 30 heavy (non-hydrogen) atoms. The fraction of sp³-hybridized carbons (Fsp3) is 0.167. The van der Waals surface area contributed by atoms with Gasteiger partial charge < -0.3 is 10.6 Å². The van der Waals surface area contributed by atoms with Crippen LogP contribution in [-0.2, 0) is 0 Å². The third-order valence-electron chi connectivity index (χ3n) is 4.88. The standard InChI is InChI=1S/C24H23N5O/c1-3-16(2)26-24(30)20-15-21(29-23(28-20)18-9-5-4-6-10-18)27-19-13-7-11-17-12-8-14-25-22(17)19/h4-16H,3H2,1-2H3,(H,26,30)(H,27,28,29). The fourth-order valence-corrected chi connectivity index (χ4v) is 3.09. The molecule has 0 spiro atoms. The molecular weight excluding hydrogens is 374 g/mol. The Balaban J connectivity index is 1.76. The van der Waals surface area contributed by atoms with Crippen molar-refractivity contribution in [2.24, 2.45) is 0 Å². The van der Waals surface area contributed by atoms with Gasteiger partial charge in [-0.15, -0.1) is 0 Å². The number of hydrogen-bond acceptors (Lipinski definition) is 5. The summed E-state index contributed by atoms with van der Waals surface area (Å²) in [5.41, 5.74) is 2.82. The van der Waals surface area contributed by atoms with Crippen LogP contribution in [0.1, 0.15) is 30.8 Å². The number of benzene rings is 2. The average Bonchev–Trinajstić information content (AvgIpc) is 2.79. The third-order valence-corrected chi connectivity index (χ3v) is 4.88. The Kier molecular flexibility index (Phi) is 5.66. The van der Waals surface area contributed by atoms with E-state index >= 15 is 0 Å². The van der Waals surface area contributed by atoms with Crippen molar-refractivity contribution < 1.29 is 4.79 Å². The summed E-state index contributed by atoms with van der Waals surface area (Å²) in [7, 11) is 0. The maximum absolute atomic E-state index is 12.8. The number of pyridine rings is 1. The van der Waals surface area contributed by atoms with Crippen LogP contribution in [0.2, 0.25) is 0 Å². The summed E-state index contributed by atoms with van der Waals surface area (Å²) in [6.07, 6.45) is 2.60. The third kappa shape index (κ3) is 4.27. The van der Waals surface area contributed by atoms with Gasteiger partial charge in [0.1, 0.15) is 11.5 Å². The molecule has 0 aliphatic rings. The molecule has 0 radical (unpaired) electrons. The summed E-state index contributed by atoms with van der Waals surface area (Å²) in [6.45, 7) is 4.00. The number of para-hydroxylation sites is 1. The highest BCUT2D eigenvalue weighted by Crippen LogP contribution is 2.25. The van der Waals surface area contributed by atoms with E-state index in [9.17, 15) is 4.79 Å². The van der Waals surface area contributed by atoms with Crippen LogP contribution in [0.3, 0.4) is 0 Å². The molecule has 0 aliphatic carbocycles. The van der Waals surface area contributed by atoms with Crippen molar-refractivity contribution in [2.45, 2.75) is 26.3 Å². The summed E-state index contributed by atoms with van der Waals surface area (Å²) < 4.78 is 0. The van der Waals surface area contributed by atoms with Crippen molar-refractivity contribution in [3.05, 3.63) is 78.6 Å². The first-order valence-corrected chi connectivity index (χ1v) is 10.00. The fourth-order valence-electron chi connectivity index (χ4n) is 3.09. The van der Waals surface area contributed by atoms with E-state index in [0.29, 0.717) is 17.3 Å². The van der Waals surface area contributed by atoms with Gasteiger partial charge in [-0.1, -0.05) is 55.5 Å². The lowest BCUT2D eigenvalue weighted by molar-refractivity contribution is 0.0934. The van der Waals surface area contributed by atoms with Crippen molar-refractivity contribution >= 4 is 28.3 Å². The topological polar surface area (TPSA) is 79.8 Å². The second-order valence-corrected chi connectivity index (χ2v) is 7.12. The number of aromatic nitrogens is 3. The molecule has 2 N–H and O–H groups in total. The Labute approximate surface area is 175 Å². The molecule has 1 unspecified atom stereocenters. The molecular formula is C24H23N5O. The highest BCUT2D eigenvalue weighted by molar-refractivity contribution is 5.95. The number of amides is 1. The number of nitrogens with zero attached hydrogens (tertiary/aromatic N) is 3. The van der Waals surface area contributed by atoms with Crippen LogP contribution in [0.25, 0.3) is 22.3 Å². The lowest BCUT2D eigenvalue weighted by Gasteiger charge is -2.14. The summed E-state index contributed by atoms with van der Waals surface area (Å²) in [4.78, 5) is 26.4. The van der Waals surface area contributed by atoms with Crippen LogP contribution < -0.4 is 10.6 Å². The number of anilines is 2. The van der Waals surface area contributed by atoms with Crippen LogP contribution in [0.4, 0.5) is 11.5 Å². The lowest BCUT2D eigenvalue weighted by Crippen LogP contribution is -2.32. The van der Waals surface area contributed by atoms with Crippen molar-refractivity contribution in [3.8, 4) is 11.4 Å². The number of nitrogens with one attached hydrogen (secondary N) is 2. The number of carbonyl (C=O) groups is 1. The molecule has 150 valence electrons. The molecule has 0 saturated carbocycles. The van der Waals surface area contributed by atoms with Crippen molar-refractivity contribution in [1.82, 2.24) is 20.3 Å². The molecule has 0 bridgehead atoms. The van der Waals surface area contributed by atoms with E-state index in [-0.39, 0.29) is 11.9 Å². The largest absolute Gasteiger partial charge is 0.348 e. The minimum atomic E-state index is -0.219. The Morgan fingerprint density at radius 3 is 2.60 bits per heavy atom. The molecule has 4 rings (SSSR count). The molecule has 1 atom stereocenters. The van der Waals surface area contributed by atoms with Gasteiger partial charge in [-0.05, 0) is 25.5 Å². The minimum absolute atomic E-state index is 0.0614.